The van der Waals surface area contributed by atoms with Crippen LogP contribution in [0.3, 0.4) is 0 Å². The zero-order valence-electron chi connectivity index (χ0n) is 17.0. The summed E-state index contributed by atoms with van der Waals surface area (Å²) in [4.78, 5) is 15.7. The second-order valence-corrected chi connectivity index (χ2v) is 7.38. The van der Waals surface area contributed by atoms with Gasteiger partial charge in [-0.2, -0.15) is 0 Å². The Balaban J connectivity index is 1.66. The summed E-state index contributed by atoms with van der Waals surface area (Å²) in [5.74, 6) is 0.845. The smallest absolute Gasteiger partial charge is 0.227 e. The van der Waals surface area contributed by atoms with Gasteiger partial charge in [-0.05, 0) is 49.7 Å². The van der Waals surface area contributed by atoms with Crippen molar-refractivity contribution in [3.63, 3.8) is 0 Å². The molecule has 0 aliphatic carbocycles. The van der Waals surface area contributed by atoms with Gasteiger partial charge in [-0.25, -0.2) is 0 Å². The minimum absolute atomic E-state index is 0.101. The molecule has 2 aromatic rings. The Morgan fingerprint density at radius 1 is 1.11 bits per heavy atom. The summed E-state index contributed by atoms with van der Waals surface area (Å²) in [6.45, 7) is 3.43. The van der Waals surface area contributed by atoms with E-state index in [1.807, 2.05) is 0 Å². The molecule has 3 rings (SSSR count). The van der Waals surface area contributed by atoms with Crippen molar-refractivity contribution in [1.29, 1.82) is 0 Å². The van der Waals surface area contributed by atoms with Crippen LogP contribution in [0.2, 0.25) is 0 Å². The molecular formula is C23H31NO4. The van der Waals surface area contributed by atoms with Gasteiger partial charge >= 0.3 is 0 Å². The Morgan fingerprint density at radius 2 is 1.86 bits per heavy atom. The molecule has 28 heavy (non-hydrogen) atoms. The standard InChI is InChI=1S/C23H31NO4/c1-3-6-17-8-10-18(11-9-17)12-13-20-23(26-2)21(25)15-22(24-20)28-16-19-7-4-5-14-27-19/h8-11,15,19H,3-7,12-14,16H2,1-2H3,(H,24,25). The van der Waals surface area contributed by atoms with E-state index in [1.54, 1.807) is 0 Å². The fraction of sp³-hybridized carbons (Fsp3) is 0.522. The lowest BCUT2D eigenvalue weighted by Gasteiger charge is -2.22. The van der Waals surface area contributed by atoms with Gasteiger partial charge in [0.25, 0.3) is 0 Å². The molecule has 0 amide bonds. The van der Waals surface area contributed by atoms with Crippen molar-refractivity contribution in [2.45, 2.75) is 58.0 Å². The molecule has 1 aliphatic heterocycles. The number of pyridine rings is 1. The van der Waals surface area contributed by atoms with Crippen LogP contribution in [-0.4, -0.2) is 31.4 Å². The highest BCUT2D eigenvalue weighted by Gasteiger charge is 2.16. The SMILES string of the molecule is CCCc1ccc(CCc2[nH]c(OCC3CCCCO3)cc(=O)c2OC)cc1. The molecule has 1 saturated heterocycles. The van der Waals surface area contributed by atoms with Gasteiger partial charge in [0, 0.05) is 12.7 Å². The number of H-pyrrole nitrogens is 1. The monoisotopic (exact) mass is 385 g/mol. The van der Waals surface area contributed by atoms with Crippen LogP contribution >= 0.6 is 0 Å². The largest absolute Gasteiger partial charge is 0.491 e. The third-order valence-electron chi connectivity index (χ3n) is 5.16. The van der Waals surface area contributed by atoms with Gasteiger partial charge in [0.15, 0.2) is 11.6 Å². The number of aryl methyl sites for hydroxylation is 3. The number of hydrogen-bond donors (Lipinski definition) is 1. The van der Waals surface area contributed by atoms with E-state index < -0.39 is 0 Å². The molecule has 1 aromatic carbocycles. The molecule has 5 nitrogen and oxygen atoms in total. The number of ether oxygens (including phenoxy) is 3. The molecule has 0 spiro atoms. The molecule has 0 radical (unpaired) electrons. The summed E-state index contributed by atoms with van der Waals surface area (Å²) < 4.78 is 16.9. The fourth-order valence-electron chi connectivity index (χ4n) is 3.60. The van der Waals surface area contributed by atoms with Crippen molar-refractivity contribution in [3.05, 3.63) is 57.4 Å². The van der Waals surface area contributed by atoms with Crippen molar-refractivity contribution in [2.24, 2.45) is 0 Å². The molecule has 1 fully saturated rings. The lowest BCUT2D eigenvalue weighted by Crippen LogP contribution is -2.26. The van der Waals surface area contributed by atoms with Crippen LogP contribution < -0.4 is 14.9 Å². The molecule has 2 heterocycles. The molecule has 1 atom stereocenters. The number of rotatable bonds is 9. The van der Waals surface area contributed by atoms with Crippen molar-refractivity contribution < 1.29 is 14.2 Å². The predicted octanol–water partition coefficient (Wildman–Crippen LogP) is 4.07. The van der Waals surface area contributed by atoms with Crippen LogP contribution in [0.5, 0.6) is 11.6 Å². The summed E-state index contributed by atoms with van der Waals surface area (Å²) in [5, 5.41) is 0. The van der Waals surface area contributed by atoms with Gasteiger partial charge in [0.05, 0.1) is 18.9 Å². The molecule has 0 bridgehead atoms. The molecule has 1 N–H and O–H groups in total. The Hall–Kier alpha value is -2.27. The van der Waals surface area contributed by atoms with Crippen LogP contribution in [0.1, 0.15) is 49.4 Å². The topological polar surface area (TPSA) is 60.5 Å². The minimum Gasteiger partial charge on any atom is -0.491 e. The highest BCUT2D eigenvalue weighted by Crippen LogP contribution is 2.19. The molecule has 152 valence electrons. The van der Waals surface area contributed by atoms with E-state index in [2.05, 4.69) is 36.2 Å². The molecule has 5 heteroatoms. The lowest BCUT2D eigenvalue weighted by atomic mass is 10.0. The molecular weight excluding hydrogens is 354 g/mol. The van der Waals surface area contributed by atoms with Crippen LogP contribution in [0.4, 0.5) is 0 Å². The van der Waals surface area contributed by atoms with Crippen molar-refractivity contribution >= 4 is 0 Å². The van der Waals surface area contributed by atoms with E-state index >= 15 is 0 Å². The predicted molar refractivity (Wildman–Crippen MR) is 111 cm³/mol. The summed E-state index contributed by atoms with van der Waals surface area (Å²) in [5.41, 5.74) is 3.21. The Bertz CT molecular complexity index is 791. The molecule has 0 saturated carbocycles. The summed E-state index contributed by atoms with van der Waals surface area (Å²) in [6.07, 6.45) is 7.14. The highest BCUT2D eigenvalue weighted by molar-refractivity contribution is 5.33. The first-order valence-corrected chi connectivity index (χ1v) is 10.3. The Morgan fingerprint density at radius 3 is 2.50 bits per heavy atom. The maximum Gasteiger partial charge on any atom is 0.227 e. The van der Waals surface area contributed by atoms with E-state index in [0.29, 0.717) is 24.7 Å². The zero-order valence-corrected chi connectivity index (χ0v) is 17.0. The van der Waals surface area contributed by atoms with Gasteiger partial charge in [-0.1, -0.05) is 37.6 Å². The quantitative estimate of drug-likeness (QED) is 0.707. The third-order valence-corrected chi connectivity index (χ3v) is 5.16. The number of benzene rings is 1. The maximum absolute atomic E-state index is 12.4. The Kier molecular flexibility index (Phi) is 7.54. The van der Waals surface area contributed by atoms with Crippen molar-refractivity contribution in [3.8, 4) is 11.6 Å². The number of methoxy groups -OCH3 is 1. The van der Waals surface area contributed by atoms with Crippen LogP contribution in [-0.2, 0) is 24.0 Å². The molecule has 1 unspecified atom stereocenters. The number of aromatic amines is 1. The van der Waals surface area contributed by atoms with E-state index in [0.717, 1.165) is 50.8 Å². The van der Waals surface area contributed by atoms with E-state index in [1.165, 1.54) is 24.3 Å². The minimum atomic E-state index is -0.158. The van der Waals surface area contributed by atoms with Gasteiger partial charge in [0.2, 0.25) is 5.43 Å². The van der Waals surface area contributed by atoms with Gasteiger partial charge in [0.1, 0.15) is 6.61 Å². The number of hydrogen-bond acceptors (Lipinski definition) is 4. The Labute approximate surface area is 167 Å². The van der Waals surface area contributed by atoms with E-state index in [9.17, 15) is 4.79 Å². The number of nitrogens with one attached hydrogen (secondary N) is 1. The second-order valence-electron chi connectivity index (χ2n) is 7.38. The first-order valence-electron chi connectivity index (χ1n) is 10.3. The summed E-state index contributed by atoms with van der Waals surface area (Å²) in [6, 6.07) is 10.2. The lowest BCUT2D eigenvalue weighted by molar-refractivity contribution is -0.0120. The fourth-order valence-corrected chi connectivity index (χ4v) is 3.60. The van der Waals surface area contributed by atoms with Crippen LogP contribution in [0.15, 0.2) is 35.1 Å². The normalized spacial score (nSPS) is 16.7. The van der Waals surface area contributed by atoms with Gasteiger partial charge < -0.3 is 19.2 Å². The average Bonchev–Trinajstić information content (AvgIpc) is 2.72. The van der Waals surface area contributed by atoms with Gasteiger partial charge in [-0.3, -0.25) is 4.79 Å². The second kappa shape index (κ2) is 10.3. The van der Waals surface area contributed by atoms with E-state index in [-0.39, 0.29) is 11.5 Å². The van der Waals surface area contributed by atoms with Gasteiger partial charge in [-0.15, -0.1) is 0 Å². The highest BCUT2D eigenvalue weighted by atomic mass is 16.5. The number of aromatic nitrogens is 1. The first kappa shape index (κ1) is 20.5. The summed E-state index contributed by atoms with van der Waals surface area (Å²) in [7, 11) is 1.53. The third kappa shape index (κ3) is 5.61. The van der Waals surface area contributed by atoms with Crippen molar-refractivity contribution in [2.75, 3.05) is 20.3 Å². The maximum atomic E-state index is 12.4. The molecule has 1 aromatic heterocycles. The van der Waals surface area contributed by atoms with Crippen molar-refractivity contribution in [1.82, 2.24) is 4.98 Å². The first-order chi connectivity index (χ1) is 13.7. The van der Waals surface area contributed by atoms with Crippen LogP contribution in [0, 0.1) is 0 Å². The molecule has 1 aliphatic rings. The van der Waals surface area contributed by atoms with Crippen LogP contribution in [0.25, 0.3) is 0 Å². The van der Waals surface area contributed by atoms with E-state index in [4.69, 9.17) is 14.2 Å². The zero-order chi connectivity index (χ0) is 19.8. The average molecular weight is 386 g/mol. The summed E-state index contributed by atoms with van der Waals surface area (Å²) >= 11 is 0.